The third kappa shape index (κ3) is 0.622. The van der Waals surface area contributed by atoms with Gasteiger partial charge in [-0.25, -0.2) is 0 Å². The molecule has 3 rings (SSSR count). The van der Waals surface area contributed by atoms with Gasteiger partial charge in [0.15, 0.2) is 0 Å². The first-order chi connectivity index (χ1) is 5.81. The Bertz CT molecular complexity index is 231. The van der Waals surface area contributed by atoms with Gasteiger partial charge in [-0.15, -0.1) is 0 Å². The van der Waals surface area contributed by atoms with Gasteiger partial charge in [-0.1, -0.05) is 5.18 Å². The van der Waals surface area contributed by atoms with E-state index in [0.29, 0.717) is 17.9 Å². The fourth-order valence-corrected chi connectivity index (χ4v) is 3.54. The Balaban J connectivity index is 1.96. The Hall–Kier alpha value is -0.440. The maximum atomic E-state index is 10.6. The largest absolute Gasteiger partial charge is 0.372 e. The number of ether oxygens (including phenoxy) is 1. The zero-order valence-electron chi connectivity index (χ0n) is 7.14. The second-order valence-electron chi connectivity index (χ2n) is 4.46. The van der Waals surface area contributed by atoms with Crippen LogP contribution in [0.1, 0.15) is 19.8 Å². The molecular formula is C9H13NO2. The van der Waals surface area contributed by atoms with Crippen LogP contribution < -0.4 is 0 Å². The zero-order chi connectivity index (χ0) is 8.29. The summed E-state index contributed by atoms with van der Waals surface area (Å²) < 4.78 is 5.75. The normalized spacial score (nSPS) is 61.1. The van der Waals surface area contributed by atoms with Gasteiger partial charge >= 0.3 is 0 Å². The molecule has 2 saturated carbocycles. The number of rotatable bonds is 1. The monoisotopic (exact) mass is 167 g/mol. The van der Waals surface area contributed by atoms with Crippen molar-refractivity contribution in [3.63, 3.8) is 0 Å². The molecule has 0 aromatic carbocycles. The molecular weight excluding hydrogens is 154 g/mol. The second kappa shape index (κ2) is 2.08. The molecule has 12 heavy (non-hydrogen) atoms. The topological polar surface area (TPSA) is 38.7 Å². The first-order valence-corrected chi connectivity index (χ1v) is 4.79. The van der Waals surface area contributed by atoms with Crippen LogP contribution in [0.3, 0.4) is 0 Å². The summed E-state index contributed by atoms with van der Waals surface area (Å²) in [5.74, 6) is 1.94. The summed E-state index contributed by atoms with van der Waals surface area (Å²) in [5.41, 5.74) is 0. The molecule has 3 nitrogen and oxygen atoms in total. The maximum Gasteiger partial charge on any atom is 0.121 e. The first kappa shape index (κ1) is 7.01. The predicted octanol–water partition coefficient (Wildman–Crippen LogP) is 1.56. The molecule has 0 aromatic heterocycles. The van der Waals surface area contributed by atoms with Crippen LogP contribution in [0.2, 0.25) is 0 Å². The Morgan fingerprint density at radius 2 is 2.08 bits per heavy atom. The fraction of sp³-hybridized carbons (Fsp3) is 1.00. The van der Waals surface area contributed by atoms with Gasteiger partial charge in [0.2, 0.25) is 0 Å². The van der Waals surface area contributed by atoms with Crippen molar-refractivity contribution in [1.29, 1.82) is 0 Å². The van der Waals surface area contributed by atoms with E-state index in [0.717, 1.165) is 5.92 Å². The van der Waals surface area contributed by atoms with Crippen molar-refractivity contribution in [2.24, 2.45) is 22.9 Å². The molecule has 0 amide bonds. The molecule has 3 heteroatoms. The Kier molecular flexibility index (Phi) is 1.21. The summed E-state index contributed by atoms with van der Waals surface area (Å²) in [7, 11) is 0. The summed E-state index contributed by atoms with van der Waals surface area (Å²) in [4.78, 5) is 10.6. The average Bonchev–Trinajstić information content (AvgIpc) is 2.63. The van der Waals surface area contributed by atoms with E-state index in [9.17, 15) is 4.91 Å². The Labute approximate surface area is 71.4 Å². The van der Waals surface area contributed by atoms with Gasteiger partial charge in [0, 0.05) is 0 Å². The van der Waals surface area contributed by atoms with Crippen molar-refractivity contribution in [3.8, 4) is 0 Å². The van der Waals surface area contributed by atoms with E-state index in [1.54, 1.807) is 0 Å². The molecule has 66 valence electrons. The highest BCUT2D eigenvalue weighted by atomic mass is 16.5. The van der Waals surface area contributed by atoms with Gasteiger partial charge in [-0.3, -0.25) is 0 Å². The zero-order valence-corrected chi connectivity index (χ0v) is 7.14. The first-order valence-electron chi connectivity index (χ1n) is 4.79. The number of hydrogen-bond acceptors (Lipinski definition) is 3. The molecule has 0 radical (unpaired) electrons. The van der Waals surface area contributed by atoms with E-state index in [-0.39, 0.29) is 12.1 Å². The molecule has 1 saturated heterocycles. The van der Waals surface area contributed by atoms with Crippen LogP contribution in [0, 0.1) is 22.7 Å². The van der Waals surface area contributed by atoms with Crippen LogP contribution in [-0.4, -0.2) is 18.2 Å². The van der Waals surface area contributed by atoms with Crippen molar-refractivity contribution in [2.75, 3.05) is 0 Å². The van der Waals surface area contributed by atoms with Crippen molar-refractivity contribution in [1.82, 2.24) is 0 Å². The van der Waals surface area contributed by atoms with Crippen molar-refractivity contribution in [3.05, 3.63) is 4.91 Å². The van der Waals surface area contributed by atoms with E-state index in [2.05, 4.69) is 12.1 Å². The summed E-state index contributed by atoms with van der Waals surface area (Å²) in [5, 5.41) is 3.21. The highest BCUT2D eigenvalue weighted by Gasteiger charge is 2.60. The van der Waals surface area contributed by atoms with Crippen LogP contribution in [-0.2, 0) is 4.74 Å². The Morgan fingerprint density at radius 3 is 2.83 bits per heavy atom. The molecule has 0 N–H and O–H groups in total. The lowest BCUT2D eigenvalue weighted by Crippen LogP contribution is -2.29. The highest BCUT2D eigenvalue weighted by molar-refractivity contribution is 5.10. The predicted molar refractivity (Wildman–Crippen MR) is 43.6 cm³/mol. The number of hydrogen-bond donors (Lipinski definition) is 0. The molecule has 1 heterocycles. The highest BCUT2D eigenvalue weighted by Crippen LogP contribution is 2.57. The summed E-state index contributed by atoms with van der Waals surface area (Å²) in [6, 6.07) is -0.0174. The molecule has 0 spiro atoms. The molecule has 2 bridgehead atoms. The lowest BCUT2D eigenvalue weighted by molar-refractivity contribution is 0.0406. The van der Waals surface area contributed by atoms with E-state index in [1.807, 2.05) is 0 Å². The minimum Gasteiger partial charge on any atom is -0.372 e. The third-order valence-corrected chi connectivity index (χ3v) is 4.04. The van der Waals surface area contributed by atoms with E-state index in [4.69, 9.17) is 4.74 Å². The van der Waals surface area contributed by atoms with Gasteiger partial charge in [-0.2, -0.15) is 4.91 Å². The fourth-order valence-electron chi connectivity index (χ4n) is 3.54. The minimum atomic E-state index is -0.0174. The minimum absolute atomic E-state index is 0.0174. The third-order valence-electron chi connectivity index (χ3n) is 4.04. The average molecular weight is 167 g/mol. The molecule has 6 atom stereocenters. The molecule has 1 aliphatic heterocycles. The van der Waals surface area contributed by atoms with Gasteiger partial charge in [0.1, 0.15) is 6.04 Å². The van der Waals surface area contributed by atoms with Gasteiger partial charge in [0.25, 0.3) is 0 Å². The summed E-state index contributed by atoms with van der Waals surface area (Å²) in [6.07, 6.45) is 2.92. The summed E-state index contributed by atoms with van der Waals surface area (Å²) in [6.45, 7) is 2.13. The molecule has 3 aliphatic rings. The van der Waals surface area contributed by atoms with Crippen LogP contribution in [0.15, 0.2) is 5.18 Å². The number of nitroso groups, excluding NO2 is 1. The van der Waals surface area contributed by atoms with E-state index < -0.39 is 0 Å². The van der Waals surface area contributed by atoms with E-state index in [1.165, 1.54) is 12.8 Å². The molecule has 0 aromatic rings. The molecule has 3 fully saturated rings. The van der Waals surface area contributed by atoms with Crippen LogP contribution in [0.5, 0.6) is 0 Å². The summed E-state index contributed by atoms with van der Waals surface area (Å²) >= 11 is 0. The Morgan fingerprint density at radius 1 is 1.33 bits per heavy atom. The van der Waals surface area contributed by atoms with Gasteiger partial charge in [-0.05, 0) is 37.5 Å². The van der Waals surface area contributed by atoms with Gasteiger partial charge in [0.05, 0.1) is 12.2 Å². The standard InChI is InChI=1S/C9H13NO2/c1-4-6-2-5-3-7(6)9(12-4)8(5)10-11/h4-9H,2-3H2,1H3/t4-,5-,6?,7?,8?,9?/m1/s1. The van der Waals surface area contributed by atoms with Crippen molar-refractivity contribution < 1.29 is 4.74 Å². The lowest BCUT2D eigenvalue weighted by Gasteiger charge is -2.20. The van der Waals surface area contributed by atoms with Crippen LogP contribution >= 0.6 is 0 Å². The van der Waals surface area contributed by atoms with Crippen molar-refractivity contribution in [2.45, 2.75) is 38.0 Å². The SMILES string of the molecule is C[C@H]1OC2C3C[C@@H](CC31)C2N=O. The van der Waals surface area contributed by atoms with Gasteiger partial charge < -0.3 is 4.74 Å². The number of nitrogens with zero attached hydrogens (tertiary/aromatic N) is 1. The van der Waals surface area contributed by atoms with Crippen LogP contribution in [0.25, 0.3) is 0 Å². The van der Waals surface area contributed by atoms with Crippen LogP contribution in [0.4, 0.5) is 0 Å². The second-order valence-corrected chi connectivity index (χ2v) is 4.46. The van der Waals surface area contributed by atoms with E-state index >= 15 is 0 Å². The number of fused-ring (bicyclic) bond motifs is 1. The molecule has 4 unspecified atom stereocenters. The quantitative estimate of drug-likeness (QED) is 0.556. The smallest absolute Gasteiger partial charge is 0.121 e. The molecule has 2 aliphatic carbocycles. The van der Waals surface area contributed by atoms with Crippen molar-refractivity contribution >= 4 is 0 Å². The maximum absolute atomic E-state index is 10.6. The lowest BCUT2D eigenvalue weighted by atomic mass is 9.85.